The molecule has 1 aliphatic carbocycles. The number of ether oxygens (including phenoxy) is 1. The predicted molar refractivity (Wildman–Crippen MR) is 94.8 cm³/mol. The fraction of sp³-hybridized carbons (Fsp3) is 0.632. The van der Waals surface area contributed by atoms with E-state index in [9.17, 15) is 0 Å². The van der Waals surface area contributed by atoms with Crippen molar-refractivity contribution in [2.24, 2.45) is 5.92 Å². The second kappa shape index (κ2) is 7.82. The Morgan fingerprint density at radius 1 is 1.30 bits per heavy atom. The Bertz CT molecular complexity index is 616. The lowest BCUT2D eigenvalue weighted by molar-refractivity contribution is 0.252. The Balaban J connectivity index is 1.66. The summed E-state index contributed by atoms with van der Waals surface area (Å²) in [4.78, 5) is 2.35. The third-order valence-electron chi connectivity index (χ3n) is 4.89. The van der Waals surface area contributed by atoms with Crippen LogP contribution in [0.15, 0.2) is 18.2 Å². The quantitative estimate of drug-likeness (QED) is 0.786. The van der Waals surface area contributed by atoms with Crippen LogP contribution in [0.3, 0.4) is 0 Å². The minimum Gasteiger partial charge on any atom is -0.493 e. The summed E-state index contributed by atoms with van der Waals surface area (Å²) in [6.45, 7) is 5.11. The maximum atomic E-state index is 6.04. The van der Waals surface area contributed by atoms with E-state index in [4.69, 9.17) is 4.74 Å². The number of benzene rings is 1. The van der Waals surface area contributed by atoms with Crippen LogP contribution in [-0.4, -0.2) is 35.3 Å². The summed E-state index contributed by atoms with van der Waals surface area (Å²) in [5, 5.41) is 8.81. The molecule has 0 atom stereocenters. The highest BCUT2D eigenvalue weighted by molar-refractivity contribution is 5.82. The van der Waals surface area contributed by atoms with Gasteiger partial charge in [0.15, 0.2) is 0 Å². The number of rotatable bonds is 8. The minimum atomic E-state index is 0.745. The number of nitrogens with zero attached hydrogens (tertiary/aromatic N) is 2. The van der Waals surface area contributed by atoms with Gasteiger partial charge in [0.05, 0.1) is 17.8 Å². The number of hydrogen-bond acceptors (Lipinski definition) is 3. The van der Waals surface area contributed by atoms with Crippen LogP contribution in [0.2, 0.25) is 0 Å². The zero-order valence-electron chi connectivity index (χ0n) is 14.5. The molecule has 0 spiro atoms. The zero-order chi connectivity index (χ0) is 16.1. The second-order valence-electron chi connectivity index (χ2n) is 6.93. The van der Waals surface area contributed by atoms with Crippen molar-refractivity contribution in [3.8, 4) is 5.75 Å². The molecule has 0 aliphatic heterocycles. The van der Waals surface area contributed by atoms with Gasteiger partial charge in [-0.2, -0.15) is 5.10 Å². The summed E-state index contributed by atoms with van der Waals surface area (Å²) >= 11 is 0. The maximum absolute atomic E-state index is 6.04. The molecule has 1 aromatic carbocycles. The third-order valence-corrected chi connectivity index (χ3v) is 4.89. The number of fused-ring (bicyclic) bond motifs is 1. The summed E-state index contributed by atoms with van der Waals surface area (Å²) in [6.07, 6.45) is 7.83. The highest BCUT2D eigenvalue weighted by Gasteiger charge is 2.16. The molecule has 3 rings (SSSR count). The summed E-state index contributed by atoms with van der Waals surface area (Å²) in [5.41, 5.74) is 2.21. The van der Waals surface area contributed by atoms with E-state index in [1.165, 1.54) is 49.6 Å². The first-order chi connectivity index (χ1) is 11.3. The Morgan fingerprint density at radius 3 is 2.91 bits per heavy atom. The molecular formula is C19H29N3O. The topological polar surface area (TPSA) is 41.2 Å². The Hall–Kier alpha value is -1.55. The smallest absolute Gasteiger partial charge is 0.120 e. The molecule has 4 nitrogen and oxygen atoms in total. The van der Waals surface area contributed by atoms with Crippen LogP contribution in [0.25, 0.3) is 10.9 Å². The number of unbranched alkanes of at least 4 members (excludes halogenated alkanes) is 1. The molecule has 2 aromatic rings. The van der Waals surface area contributed by atoms with E-state index in [0.717, 1.165) is 36.9 Å². The molecule has 1 fully saturated rings. The minimum absolute atomic E-state index is 0.745. The van der Waals surface area contributed by atoms with Crippen molar-refractivity contribution in [2.75, 3.05) is 20.2 Å². The molecule has 0 amide bonds. The summed E-state index contributed by atoms with van der Waals surface area (Å²) in [5.74, 6) is 1.72. The predicted octanol–water partition coefficient (Wildman–Crippen LogP) is 4.36. The standard InChI is InChI=1S/C19H29N3O/c1-3-4-11-22(2)13-19-17-12-16(9-10-18(17)20-21-19)23-14-15-7-5-6-8-15/h9-10,12,15H,3-8,11,13-14H2,1-2H3,(H,20,21). The van der Waals surface area contributed by atoms with E-state index < -0.39 is 0 Å². The Kier molecular flexibility index (Phi) is 5.55. The van der Waals surface area contributed by atoms with E-state index in [1.807, 2.05) is 6.07 Å². The summed E-state index contributed by atoms with van der Waals surface area (Å²) in [7, 11) is 2.17. The van der Waals surface area contributed by atoms with Gasteiger partial charge in [-0.1, -0.05) is 26.2 Å². The fourth-order valence-electron chi connectivity index (χ4n) is 3.42. The normalized spacial score (nSPS) is 15.8. The lowest BCUT2D eigenvalue weighted by Crippen LogP contribution is -2.19. The summed E-state index contributed by atoms with van der Waals surface area (Å²) < 4.78 is 6.04. The third kappa shape index (κ3) is 4.25. The van der Waals surface area contributed by atoms with Gasteiger partial charge in [-0.25, -0.2) is 0 Å². The molecule has 1 heterocycles. The molecule has 126 valence electrons. The van der Waals surface area contributed by atoms with Crippen LogP contribution in [-0.2, 0) is 6.54 Å². The van der Waals surface area contributed by atoms with Gasteiger partial charge in [0, 0.05) is 11.9 Å². The fourth-order valence-corrected chi connectivity index (χ4v) is 3.42. The van der Waals surface area contributed by atoms with Crippen LogP contribution in [0.1, 0.15) is 51.1 Å². The van der Waals surface area contributed by atoms with E-state index in [-0.39, 0.29) is 0 Å². The van der Waals surface area contributed by atoms with Gasteiger partial charge in [0.1, 0.15) is 5.75 Å². The van der Waals surface area contributed by atoms with E-state index >= 15 is 0 Å². The van der Waals surface area contributed by atoms with E-state index in [0.29, 0.717) is 0 Å². The molecule has 1 N–H and O–H groups in total. The van der Waals surface area contributed by atoms with Crippen LogP contribution in [0.5, 0.6) is 5.75 Å². The average molecular weight is 315 g/mol. The van der Waals surface area contributed by atoms with Crippen molar-refractivity contribution in [3.63, 3.8) is 0 Å². The van der Waals surface area contributed by atoms with Crippen molar-refractivity contribution in [1.29, 1.82) is 0 Å². The van der Waals surface area contributed by atoms with Crippen molar-refractivity contribution in [1.82, 2.24) is 15.1 Å². The van der Waals surface area contributed by atoms with E-state index in [2.05, 4.69) is 41.2 Å². The monoisotopic (exact) mass is 315 g/mol. The van der Waals surface area contributed by atoms with Crippen LogP contribution >= 0.6 is 0 Å². The van der Waals surface area contributed by atoms with Gasteiger partial charge in [-0.15, -0.1) is 0 Å². The maximum Gasteiger partial charge on any atom is 0.120 e. The lowest BCUT2D eigenvalue weighted by atomic mass is 10.1. The van der Waals surface area contributed by atoms with Crippen LogP contribution in [0.4, 0.5) is 0 Å². The van der Waals surface area contributed by atoms with Crippen molar-refractivity contribution < 1.29 is 4.74 Å². The first-order valence-electron chi connectivity index (χ1n) is 9.04. The van der Waals surface area contributed by atoms with Gasteiger partial charge in [0.2, 0.25) is 0 Å². The number of H-pyrrole nitrogens is 1. The Labute approximate surface area is 139 Å². The largest absolute Gasteiger partial charge is 0.493 e. The molecular weight excluding hydrogens is 286 g/mol. The highest BCUT2D eigenvalue weighted by Crippen LogP contribution is 2.27. The molecule has 1 aliphatic rings. The molecule has 1 saturated carbocycles. The van der Waals surface area contributed by atoms with Crippen LogP contribution in [0, 0.1) is 5.92 Å². The van der Waals surface area contributed by atoms with Crippen LogP contribution < -0.4 is 4.74 Å². The molecule has 0 bridgehead atoms. The van der Waals surface area contributed by atoms with Crippen molar-refractivity contribution in [2.45, 2.75) is 52.0 Å². The molecule has 4 heteroatoms. The van der Waals surface area contributed by atoms with Crippen molar-refractivity contribution >= 4 is 10.9 Å². The molecule has 1 aromatic heterocycles. The first kappa shape index (κ1) is 16.3. The molecule has 0 radical (unpaired) electrons. The zero-order valence-corrected chi connectivity index (χ0v) is 14.5. The average Bonchev–Trinajstić information content (AvgIpc) is 3.21. The van der Waals surface area contributed by atoms with Gasteiger partial charge in [-0.05, 0) is 57.0 Å². The molecule has 0 unspecified atom stereocenters. The number of aromatic nitrogens is 2. The molecule has 0 saturated heterocycles. The van der Waals surface area contributed by atoms with Gasteiger partial charge >= 0.3 is 0 Å². The number of nitrogens with one attached hydrogen (secondary N) is 1. The first-order valence-corrected chi connectivity index (χ1v) is 9.04. The van der Waals surface area contributed by atoms with Gasteiger partial charge < -0.3 is 9.64 Å². The van der Waals surface area contributed by atoms with E-state index in [1.54, 1.807) is 0 Å². The Morgan fingerprint density at radius 2 is 2.13 bits per heavy atom. The number of aromatic amines is 1. The SMILES string of the molecule is CCCCN(C)Cc1[nH]nc2ccc(OCC3CCCC3)cc12. The lowest BCUT2D eigenvalue weighted by Gasteiger charge is -2.15. The van der Waals surface area contributed by atoms with Gasteiger partial charge in [0.25, 0.3) is 0 Å². The van der Waals surface area contributed by atoms with Gasteiger partial charge in [-0.3, -0.25) is 5.10 Å². The highest BCUT2D eigenvalue weighted by atomic mass is 16.5. The molecule has 23 heavy (non-hydrogen) atoms. The second-order valence-corrected chi connectivity index (χ2v) is 6.93. The summed E-state index contributed by atoms with van der Waals surface area (Å²) in [6, 6.07) is 6.25. The number of hydrogen-bond donors (Lipinski definition) is 1. The van der Waals surface area contributed by atoms with Crippen molar-refractivity contribution in [3.05, 3.63) is 23.9 Å².